The van der Waals surface area contributed by atoms with Crippen molar-refractivity contribution in [2.24, 2.45) is 0 Å². The number of pyridine rings is 1. The third kappa shape index (κ3) is 3.99. The second-order valence-corrected chi connectivity index (χ2v) is 6.74. The maximum Gasteiger partial charge on any atom is 0.196 e. The van der Waals surface area contributed by atoms with E-state index in [9.17, 15) is 0 Å². The molecule has 0 amide bonds. The monoisotopic (exact) mass is 378 g/mol. The number of hydrogen-bond acceptors (Lipinski definition) is 7. The van der Waals surface area contributed by atoms with Crippen molar-refractivity contribution in [3.8, 4) is 17.0 Å². The first-order valence-corrected chi connectivity index (χ1v) is 9.12. The van der Waals surface area contributed by atoms with Gasteiger partial charge < -0.3 is 9.64 Å². The molecular formula is C19H22N8O. The standard InChI is InChI=1S/C19H22N8O/c1-26(2)11-4-12-28-15-8-6-14(7-9-15)18-16-5-3-10-20-19(16)27(23-18)13-17-21-24-25-22-17/h3,5-10H,4,11-13H2,1-2H3,(H,21,22,24,25). The van der Waals surface area contributed by atoms with Crippen molar-refractivity contribution >= 4 is 11.0 Å². The Bertz CT molecular complexity index is 1020. The van der Waals surface area contributed by atoms with Gasteiger partial charge in [0.15, 0.2) is 11.5 Å². The number of nitrogens with one attached hydrogen (secondary N) is 1. The number of aromatic amines is 1. The van der Waals surface area contributed by atoms with E-state index in [2.05, 4.69) is 44.6 Å². The van der Waals surface area contributed by atoms with E-state index in [4.69, 9.17) is 9.84 Å². The van der Waals surface area contributed by atoms with Crippen LogP contribution in [0.5, 0.6) is 5.75 Å². The van der Waals surface area contributed by atoms with Crippen LogP contribution in [0.1, 0.15) is 12.2 Å². The highest BCUT2D eigenvalue weighted by Crippen LogP contribution is 2.28. The van der Waals surface area contributed by atoms with Gasteiger partial charge in [-0.25, -0.2) is 9.67 Å². The molecular weight excluding hydrogens is 356 g/mol. The number of nitrogens with zero attached hydrogens (tertiary/aromatic N) is 7. The molecule has 0 bridgehead atoms. The molecule has 1 aromatic carbocycles. The Labute approximate surface area is 162 Å². The summed E-state index contributed by atoms with van der Waals surface area (Å²) in [5.41, 5.74) is 2.66. The van der Waals surface area contributed by atoms with Crippen LogP contribution in [0.3, 0.4) is 0 Å². The van der Waals surface area contributed by atoms with E-state index in [-0.39, 0.29) is 0 Å². The Morgan fingerprint density at radius 3 is 2.75 bits per heavy atom. The lowest BCUT2D eigenvalue weighted by Crippen LogP contribution is -2.15. The number of benzene rings is 1. The van der Waals surface area contributed by atoms with Gasteiger partial charge in [-0.3, -0.25) is 0 Å². The molecule has 144 valence electrons. The van der Waals surface area contributed by atoms with Gasteiger partial charge in [0.25, 0.3) is 0 Å². The summed E-state index contributed by atoms with van der Waals surface area (Å²) in [6.45, 7) is 2.11. The van der Waals surface area contributed by atoms with Crippen molar-refractivity contribution in [2.45, 2.75) is 13.0 Å². The zero-order chi connectivity index (χ0) is 19.3. The van der Waals surface area contributed by atoms with Gasteiger partial charge in [0.1, 0.15) is 18.0 Å². The molecule has 0 aliphatic heterocycles. The Morgan fingerprint density at radius 1 is 1.14 bits per heavy atom. The molecule has 3 heterocycles. The predicted molar refractivity (Wildman–Crippen MR) is 105 cm³/mol. The quantitative estimate of drug-likeness (QED) is 0.468. The third-order valence-electron chi connectivity index (χ3n) is 4.33. The number of aromatic nitrogens is 7. The summed E-state index contributed by atoms with van der Waals surface area (Å²) < 4.78 is 7.61. The molecule has 0 atom stereocenters. The zero-order valence-corrected chi connectivity index (χ0v) is 15.9. The summed E-state index contributed by atoms with van der Waals surface area (Å²) in [6, 6.07) is 11.9. The molecule has 0 saturated carbocycles. The van der Waals surface area contributed by atoms with Crippen LogP contribution >= 0.6 is 0 Å². The highest BCUT2D eigenvalue weighted by Gasteiger charge is 2.14. The molecule has 0 fully saturated rings. The van der Waals surface area contributed by atoms with Gasteiger partial charge in [0, 0.05) is 23.7 Å². The maximum atomic E-state index is 5.82. The van der Waals surface area contributed by atoms with Crippen LogP contribution in [0.2, 0.25) is 0 Å². The Morgan fingerprint density at radius 2 is 2.00 bits per heavy atom. The topological polar surface area (TPSA) is 97.6 Å². The number of fused-ring (bicyclic) bond motifs is 1. The van der Waals surface area contributed by atoms with Crippen LogP contribution in [-0.4, -0.2) is 67.5 Å². The molecule has 28 heavy (non-hydrogen) atoms. The highest BCUT2D eigenvalue weighted by atomic mass is 16.5. The Balaban J connectivity index is 1.55. The first kappa shape index (κ1) is 18.1. The minimum absolute atomic E-state index is 0.400. The fourth-order valence-electron chi connectivity index (χ4n) is 3.00. The van der Waals surface area contributed by atoms with Crippen LogP contribution in [-0.2, 0) is 6.54 Å². The maximum absolute atomic E-state index is 5.82. The summed E-state index contributed by atoms with van der Waals surface area (Å²) >= 11 is 0. The van der Waals surface area contributed by atoms with E-state index in [1.165, 1.54) is 0 Å². The second-order valence-electron chi connectivity index (χ2n) is 6.74. The minimum atomic E-state index is 0.400. The number of tetrazole rings is 1. The number of ether oxygens (including phenoxy) is 1. The summed E-state index contributed by atoms with van der Waals surface area (Å²) in [6.07, 6.45) is 2.75. The average Bonchev–Trinajstić information content (AvgIpc) is 3.34. The number of H-pyrrole nitrogens is 1. The predicted octanol–water partition coefficient (Wildman–Crippen LogP) is 1.99. The molecule has 0 radical (unpaired) electrons. The Hall–Kier alpha value is -3.33. The van der Waals surface area contributed by atoms with Crippen molar-refractivity contribution in [1.29, 1.82) is 0 Å². The van der Waals surface area contributed by atoms with Crippen LogP contribution < -0.4 is 4.74 Å². The van der Waals surface area contributed by atoms with Crippen LogP contribution in [0.25, 0.3) is 22.3 Å². The van der Waals surface area contributed by atoms with Gasteiger partial charge in [0.05, 0.1) is 6.61 Å². The van der Waals surface area contributed by atoms with Gasteiger partial charge in [-0.2, -0.15) is 10.3 Å². The molecule has 9 nitrogen and oxygen atoms in total. The summed E-state index contributed by atoms with van der Waals surface area (Å²) in [4.78, 5) is 6.62. The van der Waals surface area contributed by atoms with Crippen molar-refractivity contribution in [1.82, 2.24) is 40.3 Å². The van der Waals surface area contributed by atoms with Crippen molar-refractivity contribution < 1.29 is 4.74 Å². The van der Waals surface area contributed by atoms with E-state index in [0.717, 1.165) is 41.0 Å². The van der Waals surface area contributed by atoms with Crippen molar-refractivity contribution in [2.75, 3.05) is 27.2 Å². The number of hydrogen-bond donors (Lipinski definition) is 1. The SMILES string of the molecule is CN(C)CCCOc1ccc(-c2nn(Cc3nn[nH]n3)c3ncccc23)cc1. The largest absolute Gasteiger partial charge is 0.494 e. The Kier molecular flexibility index (Phi) is 5.24. The fraction of sp³-hybridized carbons (Fsp3) is 0.316. The van der Waals surface area contributed by atoms with Gasteiger partial charge in [-0.05, 0) is 56.9 Å². The van der Waals surface area contributed by atoms with E-state index in [0.29, 0.717) is 19.0 Å². The minimum Gasteiger partial charge on any atom is -0.494 e. The lowest BCUT2D eigenvalue weighted by Gasteiger charge is -2.10. The molecule has 1 N–H and O–H groups in total. The normalized spacial score (nSPS) is 11.4. The summed E-state index contributed by atoms with van der Waals surface area (Å²) in [5, 5.41) is 19.8. The molecule has 0 spiro atoms. The molecule has 0 aliphatic carbocycles. The molecule has 4 rings (SSSR count). The average molecular weight is 378 g/mol. The van der Waals surface area contributed by atoms with Crippen molar-refractivity contribution in [3.05, 3.63) is 48.4 Å². The smallest absolute Gasteiger partial charge is 0.196 e. The highest BCUT2D eigenvalue weighted by molar-refractivity contribution is 5.91. The fourth-order valence-corrected chi connectivity index (χ4v) is 3.00. The molecule has 0 unspecified atom stereocenters. The molecule has 3 aromatic heterocycles. The zero-order valence-electron chi connectivity index (χ0n) is 15.9. The van der Waals surface area contributed by atoms with E-state index in [1.54, 1.807) is 10.9 Å². The number of rotatable bonds is 8. The lowest BCUT2D eigenvalue weighted by atomic mass is 10.1. The van der Waals surface area contributed by atoms with Crippen LogP contribution in [0, 0.1) is 0 Å². The molecule has 9 heteroatoms. The van der Waals surface area contributed by atoms with E-state index >= 15 is 0 Å². The lowest BCUT2D eigenvalue weighted by molar-refractivity contribution is 0.281. The van der Waals surface area contributed by atoms with Gasteiger partial charge in [-0.1, -0.05) is 5.21 Å². The van der Waals surface area contributed by atoms with E-state index < -0.39 is 0 Å². The van der Waals surface area contributed by atoms with Gasteiger partial charge in [-0.15, -0.1) is 10.2 Å². The molecule has 0 saturated heterocycles. The van der Waals surface area contributed by atoms with Gasteiger partial charge >= 0.3 is 0 Å². The van der Waals surface area contributed by atoms with Crippen LogP contribution in [0.4, 0.5) is 0 Å². The van der Waals surface area contributed by atoms with Crippen molar-refractivity contribution in [3.63, 3.8) is 0 Å². The molecule has 0 aliphatic rings. The van der Waals surface area contributed by atoms with E-state index in [1.807, 2.05) is 36.4 Å². The van der Waals surface area contributed by atoms with Crippen LogP contribution in [0.15, 0.2) is 42.6 Å². The van der Waals surface area contributed by atoms with Gasteiger partial charge in [0.2, 0.25) is 0 Å². The summed E-state index contributed by atoms with van der Waals surface area (Å²) in [7, 11) is 4.12. The second kappa shape index (κ2) is 8.13. The first-order valence-electron chi connectivity index (χ1n) is 9.12. The molecule has 4 aromatic rings. The first-order chi connectivity index (χ1) is 13.7. The third-order valence-corrected chi connectivity index (χ3v) is 4.33. The summed E-state index contributed by atoms with van der Waals surface area (Å²) in [5.74, 6) is 1.42.